The number of benzene rings is 1. The number of anilines is 1. The highest BCUT2D eigenvalue weighted by atomic mass is 19.4. The van der Waals surface area contributed by atoms with Crippen LogP contribution in [0.25, 0.3) is 0 Å². The van der Waals surface area contributed by atoms with Gasteiger partial charge in [0, 0.05) is 44.3 Å². The minimum absolute atomic E-state index is 0.146. The molecule has 0 unspecified atom stereocenters. The van der Waals surface area contributed by atoms with Crippen molar-refractivity contribution in [3.8, 4) is 0 Å². The molecule has 0 aliphatic carbocycles. The number of morpholine rings is 1. The molecule has 0 bridgehead atoms. The van der Waals surface area contributed by atoms with E-state index in [0.29, 0.717) is 38.5 Å². The van der Waals surface area contributed by atoms with Crippen LogP contribution in [0.2, 0.25) is 0 Å². The van der Waals surface area contributed by atoms with Crippen molar-refractivity contribution >= 4 is 5.69 Å². The number of hydrogen-bond acceptors (Lipinski definition) is 4. The molecule has 0 saturated carbocycles. The smallest absolute Gasteiger partial charge is 0.378 e. The van der Waals surface area contributed by atoms with Crippen LogP contribution in [0.4, 0.5) is 18.9 Å². The highest BCUT2D eigenvalue weighted by Crippen LogP contribution is 2.35. The Morgan fingerprint density at radius 1 is 1.12 bits per heavy atom. The molecule has 1 N–H and O–H groups in total. The predicted molar refractivity (Wildman–Crippen MR) is 89.3 cm³/mol. The van der Waals surface area contributed by atoms with Crippen LogP contribution in [-0.4, -0.2) is 31.3 Å². The molecule has 1 aromatic heterocycles. The summed E-state index contributed by atoms with van der Waals surface area (Å²) in [4.78, 5) is 5.92. The van der Waals surface area contributed by atoms with E-state index in [-0.39, 0.29) is 12.1 Å². The highest BCUT2D eigenvalue weighted by Gasteiger charge is 2.34. The third-order valence-electron chi connectivity index (χ3n) is 4.14. The molecule has 2 aromatic rings. The van der Waals surface area contributed by atoms with Gasteiger partial charge in [0.25, 0.3) is 0 Å². The maximum Gasteiger partial charge on any atom is 0.416 e. The van der Waals surface area contributed by atoms with Gasteiger partial charge in [0.1, 0.15) is 0 Å². The van der Waals surface area contributed by atoms with Crippen LogP contribution in [-0.2, 0) is 24.0 Å². The van der Waals surface area contributed by atoms with E-state index >= 15 is 0 Å². The van der Waals surface area contributed by atoms with E-state index in [1.807, 2.05) is 11.0 Å². The van der Waals surface area contributed by atoms with Gasteiger partial charge in [-0.2, -0.15) is 13.2 Å². The van der Waals surface area contributed by atoms with E-state index in [1.165, 1.54) is 6.07 Å². The van der Waals surface area contributed by atoms with Crippen LogP contribution in [0.1, 0.15) is 16.7 Å². The molecule has 1 fully saturated rings. The second-order valence-corrected chi connectivity index (χ2v) is 5.90. The summed E-state index contributed by atoms with van der Waals surface area (Å²) in [5.74, 6) is 0. The molecule has 1 aromatic carbocycles. The number of rotatable bonds is 5. The number of ether oxygens (including phenoxy) is 1. The maximum absolute atomic E-state index is 13.5. The van der Waals surface area contributed by atoms with Gasteiger partial charge in [0.05, 0.1) is 18.8 Å². The van der Waals surface area contributed by atoms with Crippen molar-refractivity contribution in [2.24, 2.45) is 0 Å². The quantitative estimate of drug-likeness (QED) is 0.898. The maximum atomic E-state index is 13.5. The summed E-state index contributed by atoms with van der Waals surface area (Å²) in [6, 6.07) is 8.24. The summed E-state index contributed by atoms with van der Waals surface area (Å²) in [5.41, 5.74) is 1.18. The molecule has 0 atom stereocenters. The Morgan fingerprint density at radius 2 is 1.92 bits per heavy atom. The van der Waals surface area contributed by atoms with Gasteiger partial charge in [-0.1, -0.05) is 12.1 Å². The minimum Gasteiger partial charge on any atom is -0.378 e. The van der Waals surface area contributed by atoms with Crippen LogP contribution in [0.3, 0.4) is 0 Å². The molecule has 1 aliphatic heterocycles. The summed E-state index contributed by atoms with van der Waals surface area (Å²) in [7, 11) is 0. The van der Waals surface area contributed by atoms with Gasteiger partial charge in [-0.05, 0) is 29.3 Å². The van der Waals surface area contributed by atoms with Gasteiger partial charge < -0.3 is 15.0 Å². The van der Waals surface area contributed by atoms with Gasteiger partial charge in [0.15, 0.2) is 0 Å². The molecule has 3 rings (SSSR count). The van der Waals surface area contributed by atoms with Gasteiger partial charge in [-0.3, -0.25) is 4.98 Å². The average molecular weight is 351 g/mol. The number of pyridine rings is 1. The summed E-state index contributed by atoms with van der Waals surface area (Å²) < 4.78 is 45.7. The van der Waals surface area contributed by atoms with Crippen LogP contribution in [0.15, 0.2) is 42.7 Å². The van der Waals surface area contributed by atoms with Gasteiger partial charge >= 0.3 is 6.18 Å². The van der Waals surface area contributed by atoms with Crippen molar-refractivity contribution in [2.45, 2.75) is 19.3 Å². The molecule has 4 nitrogen and oxygen atoms in total. The number of aromatic nitrogens is 1. The molecule has 25 heavy (non-hydrogen) atoms. The van der Waals surface area contributed by atoms with E-state index in [0.717, 1.165) is 5.56 Å². The normalized spacial score (nSPS) is 15.4. The van der Waals surface area contributed by atoms with E-state index in [1.54, 1.807) is 30.6 Å². The van der Waals surface area contributed by atoms with E-state index in [9.17, 15) is 13.2 Å². The fourth-order valence-corrected chi connectivity index (χ4v) is 2.84. The third-order valence-corrected chi connectivity index (χ3v) is 4.14. The largest absolute Gasteiger partial charge is 0.416 e. The van der Waals surface area contributed by atoms with Crippen LogP contribution in [0.5, 0.6) is 0 Å². The lowest BCUT2D eigenvalue weighted by Gasteiger charge is -2.29. The van der Waals surface area contributed by atoms with E-state index < -0.39 is 11.7 Å². The molecule has 1 aliphatic rings. The Labute approximate surface area is 144 Å². The number of hydrogen-bond donors (Lipinski definition) is 1. The number of alkyl halides is 3. The number of nitrogens with zero attached hydrogens (tertiary/aromatic N) is 2. The topological polar surface area (TPSA) is 37.4 Å². The number of nitrogens with one attached hydrogen (secondary N) is 1. The molecule has 134 valence electrons. The fourth-order valence-electron chi connectivity index (χ4n) is 2.84. The first kappa shape index (κ1) is 17.7. The Balaban J connectivity index is 1.73. The second kappa shape index (κ2) is 7.84. The SMILES string of the molecule is FC(F)(F)c1cc(N2CCOCC2)ccc1CNCc1cccnc1. The molecule has 7 heteroatoms. The van der Waals surface area contributed by atoms with Crippen LogP contribution < -0.4 is 10.2 Å². The van der Waals surface area contributed by atoms with Crippen molar-refractivity contribution in [2.75, 3.05) is 31.2 Å². The molecule has 1 saturated heterocycles. The minimum atomic E-state index is -4.38. The molecule has 0 radical (unpaired) electrons. The zero-order valence-corrected chi connectivity index (χ0v) is 13.7. The van der Waals surface area contributed by atoms with Crippen molar-refractivity contribution in [1.29, 1.82) is 0 Å². The van der Waals surface area contributed by atoms with Gasteiger partial charge in [-0.15, -0.1) is 0 Å². The Bertz CT molecular complexity index is 686. The zero-order chi connectivity index (χ0) is 17.7. The lowest BCUT2D eigenvalue weighted by Crippen LogP contribution is -2.36. The van der Waals surface area contributed by atoms with Crippen LogP contribution in [0, 0.1) is 0 Å². The van der Waals surface area contributed by atoms with Crippen LogP contribution >= 0.6 is 0 Å². The average Bonchev–Trinajstić information content (AvgIpc) is 2.63. The Hall–Kier alpha value is -2.12. The standard InChI is InChI=1S/C18H20F3N3O/c19-18(20,21)17-10-16(24-6-8-25-9-7-24)4-3-15(17)13-23-12-14-2-1-5-22-11-14/h1-5,10-11,23H,6-9,12-13H2. The lowest BCUT2D eigenvalue weighted by molar-refractivity contribution is -0.138. The monoisotopic (exact) mass is 351 g/mol. The predicted octanol–water partition coefficient (Wildman–Crippen LogP) is 3.23. The molecular weight excluding hydrogens is 331 g/mol. The lowest BCUT2D eigenvalue weighted by atomic mass is 10.0. The molecule has 0 amide bonds. The molecule has 0 spiro atoms. The molecular formula is C18H20F3N3O. The summed E-state index contributed by atoms with van der Waals surface area (Å²) >= 11 is 0. The van der Waals surface area contributed by atoms with Gasteiger partial charge in [0.2, 0.25) is 0 Å². The van der Waals surface area contributed by atoms with Crippen molar-refractivity contribution in [1.82, 2.24) is 10.3 Å². The zero-order valence-electron chi connectivity index (χ0n) is 13.7. The highest BCUT2D eigenvalue weighted by molar-refractivity contribution is 5.52. The number of halogens is 3. The van der Waals surface area contributed by atoms with Crippen molar-refractivity contribution in [3.05, 3.63) is 59.4 Å². The van der Waals surface area contributed by atoms with E-state index in [2.05, 4.69) is 10.3 Å². The van der Waals surface area contributed by atoms with Gasteiger partial charge in [-0.25, -0.2) is 0 Å². The summed E-state index contributed by atoms with van der Waals surface area (Å²) in [5, 5.41) is 3.06. The summed E-state index contributed by atoms with van der Waals surface area (Å²) in [6.07, 6.45) is -1.03. The fraction of sp³-hybridized carbons (Fsp3) is 0.389. The molecule has 2 heterocycles. The first-order valence-electron chi connectivity index (χ1n) is 8.16. The first-order valence-corrected chi connectivity index (χ1v) is 8.16. The Morgan fingerprint density at radius 3 is 2.60 bits per heavy atom. The third kappa shape index (κ3) is 4.70. The summed E-state index contributed by atoms with van der Waals surface area (Å²) in [6.45, 7) is 2.90. The van der Waals surface area contributed by atoms with Crippen molar-refractivity contribution < 1.29 is 17.9 Å². The van der Waals surface area contributed by atoms with Crippen molar-refractivity contribution in [3.63, 3.8) is 0 Å². The van der Waals surface area contributed by atoms with E-state index in [4.69, 9.17) is 4.74 Å². The second-order valence-electron chi connectivity index (χ2n) is 5.90. The Kier molecular flexibility index (Phi) is 5.55. The first-order chi connectivity index (χ1) is 12.0.